The molecular formula is C15H11F4NO3S. The van der Waals surface area contributed by atoms with Gasteiger partial charge in [-0.3, -0.25) is 0 Å². The van der Waals surface area contributed by atoms with Crippen LogP contribution in [-0.2, 0) is 23.0 Å². The minimum Gasteiger partial charge on any atom is -0.375 e. The zero-order chi connectivity index (χ0) is 17.5. The first-order chi connectivity index (χ1) is 11.2. The molecule has 1 aliphatic rings. The Bertz CT molecular complexity index is 894. The molecule has 0 fully saturated rings. The molecule has 0 bridgehead atoms. The number of hydrogen-bond acceptors (Lipinski definition) is 4. The van der Waals surface area contributed by atoms with Crippen LogP contribution in [0, 0.1) is 5.95 Å². The lowest BCUT2D eigenvalue weighted by atomic mass is 9.99. The fraction of sp³-hybridized carbons (Fsp3) is 0.267. The van der Waals surface area contributed by atoms with E-state index < -0.39 is 27.3 Å². The van der Waals surface area contributed by atoms with Crippen molar-refractivity contribution >= 4 is 10.1 Å². The second-order valence-electron chi connectivity index (χ2n) is 5.28. The maximum Gasteiger partial charge on any atom is 0.534 e. The van der Waals surface area contributed by atoms with Crippen LogP contribution in [0.25, 0.3) is 11.1 Å². The lowest BCUT2D eigenvalue weighted by Crippen LogP contribution is -2.28. The SMILES string of the molecule is O=S(=O)(Oc1c(-c2ccnc(F)c2)ccc2c1CCC2)C(F)(F)F. The molecule has 3 rings (SSSR count). The van der Waals surface area contributed by atoms with Crippen molar-refractivity contribution in [3.63, 3.8) is 0 Å². The topological polar surface area (TPSA) is 56.3 Å². The normalized spacial score (nSPS) is 14.5. The molecule has 2 aromatic rings. The highest BCUT2D eigenvalue weighted by Crippen LogP contribution is 2.41. The summed E-state index contributed by atoms with van der Waals surface area (Å²) in [5.74, 6) is -1.23. The molecule has 0 saturated carbocycles. The molecule has 0 amide bonds. The molecule has 0 radical (unpaired) electrons. The second-order valence-corrected chi connectivity index (χ2v) is 6.82. The smallest absolute Gasteiger partial charge is 0.375 e. The molecule has 128 valence electrons. The molecule has 0 N–H and O–H groups in total. The van der Waals surface area contributed by atoms with E-state index in [1.807, 2.05) is 0 Å². The molecule has 0 spiro atoms. The maximum absolute atomic E-state index is 13.3. The highest BCUT2D eigenvalue weighted by Gasteiger charge is 2.49. The zero-order valence-corrected chi connectivity index (χ0v) is 12.9. The Balaban J connectivity index is 2.18. The molecule has 0 unspecified atom stereocenters. The Morgan fingerprint density at radius 2 is 1.88 bits per heavy atom. The number of hydrogen-bond donors (Lipinski definition) is 0. The molecular weight excluding hydrogens is 350 g/mol. The highest BCUT2D eigenvalue weighted by molar-refractivity contribution is 7.88. The van der Waals surface area contributed by atoms with Crippen LogP contribution >= 0.6 is 0 Å². The third-order valence-corrected chi connectivity index (χ3v) is 4.70. The molecule has 0 aliphatic heterocycles. The van der Waals surface area contributed by atoms with Gasteiger partial charge in [0.05, 0.1) is 0 Å². The third kappa shape index (κ3) is 2.95. The lowest BCUT2D eigenvalue weighted by molar-refractivity contribution is -0.0500. The van der Waals surface area contributed by atoms with E-state index in [0.29, 0.717) is 24.8 Å². The minimum absolute atomic E-state index is 0.0739. The predicted molar refractivity (Wildman–Crippen MR) is 77.3 cm³/mol. The molecule has 4 nitrogen and oxygen atoms in total. The van der Waals surface area contributed by atoms with E-state index in [0.717, 1.165) is 17.8 Å². The van der Waals surface area contributed by atoms with Crippen molar-refractivity contribution in [2.45, 2.75) is 24.8 Å². The quantitative estimate of drug-likeness (QED) is 0.363. The zero-order valence-electron chi connectivity index (χ0n) is 12.1. The number of alkyl halides is 3. The number of fused-ring (bicyclic) bond motifs is 1. The van der Waals surface area contributed by atoms with Crippen molar-refractivity contribution < 1.29 is 30.2 Å². The first kappa shape index (κ1) is 16.7. The van der Waals surface area contributed by atoms with E-state index in [4.69, 9.17) is 0 Å². The largest absolute Gasteiger partial charge is 0.534 e. The van der Waals surface area contributed by atoms with Crippen LogP contribution in [0.15, 0.2) is 30.5 Å². The minimum atomic E-state index is -5.82. The van der Waals surface area contributed by atoms with Crippen molar-refractivity contribution in [2.75, 3.05) is 0 Å². The Morgan fingerprint density at radius 3 is 2.54 bits per heavy atom. The van der Waals surface area contributed by atoms with Crippen molar-refractivity contribution in [1.29, 1.82) is 0 Å². The number of benzene rings is 1. The monoisotopic (exact) mass is 361 g/mol. The molecule has 9 heteroatoms. The fourth-order valence-electron chi connectivity index (χ4n) is 2.68. The van der Waals surface area contributed by atoms with Gasteiger partial charge in [0.2, 0.25) is 5.95 Å². The fourth-order valence-corrected chi connectivity index (χ4v) is 3.19. The van der Waals surface area contributed by atoms with E-state index in [-0.39, 0.29) is 11.1 Å². The van der Waals surface area contributed by atoms with Gasteiger partial charge in [-0.05, 0) is 42.0 Å². The van der Waals surface area contributed by atoms with Gasteiger partial charge in [-0.25, -0.2) is 4.98 Å². The number of halogens is 4. The van der Waals surface area contributed by atoms with Crippen molar-refractivity contribution in [1.82, 2.24) is 4.98 Å². The second kappa shape index (κ2) is 5.73. The van der Waals surface area contributed by atoms with E-state index in [9.17, 15) is 26.0 Å². The van der Waals surface area contributed by atoms with Crippen molar-refractivity contribution in [3.8, 4) is 16.9 Å². The van der Waals surface area contributed by atoms with E-state index in [1.54, 1.807) is 6.07 Å². The van der Waals surface area contributed by atoms with Crippen LogP contribution in [0.1, 0.15) is 17.5 Å². The van der Waals surface area contributed by atoms with E-state index >= 15 is 0 Å². The average molecular weight is 361 g/mol. The molecule has 0 atom stereocenters. The summed E-state index contributed by atoms with van der Waals surface area (Å²) >= 11 is 0. The van der Waals surface area contributed by atoms with Gasteiger partial charge in [-0.1, -0.05) is 12.1 Å². The summed E-state index contributed by atoms with van der Waals surface area (Å²) < 4.78 is 78.7. The van der Waals surface area contributed by atoms with Gasteiger partial charge in [0.15, 0.2) is 5.75 Å². The number of pyridine rings is 1. The Labute approximate surface area is 135 Å². The van der Waals surface area contributed by atoms with Crippen LogP contribution in [0.3, 0.4) is 0 Å². The van der Waals surface area contributed by atoms with Gasteiger partial charge in [0.25, 0.3) is 0 Å². The standard InChI is InChI=1S/C15H11F4NO3S/c16-13-8-10(6-7-20-13)12-5-4-9-2-1-3-11(9)14(12)23-24(21,22)15(17,18)19/h4-8H,1-3H2. The summed E-state index contributed by atoms with van der Waals surface area (Å²) in [5.41, 5.74) is -4.16. The first-order valence-electron chi connectivity index (χ1n) is 6.96. The predicted octanol–water partition coefficient (Wildman–Crippen LogP) is 3.60. The summed E-state index contributed by atoms with van der Waals surface area (Å²) in [6.07, 6.45) is 2.81. The molecule has 1 aromatic carbocycles. The number of nitrogens with zero attached hydrogens (tertiary/aromatic N) is 1. The molecule has 1 aliphatic carbocycles. The Hall–Kier alpha value is -2.16. The molecule has 0 saturated heterocycles. The van der Waals surface area contributed by atoms with E-state index in [2.05, 4.69) is 9.17 Å². The first-order valence-corrected chi connectivity index (χ1v) is 8.37. The van der Waals surface area contributed by atoms with Gasteiger partial charge in [-0.15, -0.1) is 0 Å². The summed E-state index contributed by atoms with van der Waals surface area (Å²) in [4.78, 5) is 3.38. The van der Waals surface area contributed by atoms with Crippen LogP contribution in [0.5, 0.6) is 5.75 Å². The van der Waals surface area contributed by atoms with Gasteiger partial charge in [0.1, 0.15) is 0 Å². The van der Waals surface area contributed by atoms with Crippen LogP contribution in [0.4, 0.5) is 17.6 Å². The van der Waals surface area contributed by atoms with Crippen LogP contribution < -0.4 is 4.18 Å². The summed E-state index contributed by atoms with van der Waals surface area (Å²) in [6, 6.07) is 5.49. The lowest BCUT2D eigenvalue weighted by Gasteiger charge is -2.16. The molecule has 24 heavy (non-hydrogen) atoms. The van der Waals surface area contributed by atoms with Gasteiger partial charge < -0.3 is 4.18 Å². The number of aromatic nitrogens is 1. The Morgan fingerprint density at radius 1 is 1.12 bits per heavy atom. The van der Waals surface area contributed by atoms with Crippen LogP contribution in [0.2, 0.25) is 0 Å². The van der Waals surface area contributed by atoms with Crippen molar-refractivity contribution in [3.05, 3.63) is 47.5 Å². The summed E-state index contributed by atoms with van der Waals surface area (Å²) in [7, 11) is -5.82. The van der Waals surface area contributed by atoms with Gasteiger partial charge in [0, 0.05) is 17.8 Å². The number of rotatable bonds is 3. The Kier molecular flexibility index (Phi) is 3.98. The van der Waals surface area contributed by atoms with E-state index in [1.165, 1.54) is 12.1 Å². The van der Waals surface area contributed by atoms with Crippen molar-refractivity contribution in [2.24, 2.45) is 0 Å². The molecule has 1 heterocycles. The van der Waals surface area contributed by atoms with Gasteiger partial charge >= 0.3 is 15.6 Å². The third-order valence-electron chi connectivity index (χ3n) is 3.74. The highest BCUT2D eigenvalue weighted by atomic mass is 32.2. The van der Waals surface area contributed by atoms with Gasteiger partial charge in [-0.2, -0.15) is 26.0 Å². The summed E-state index contributed by atoms with van der Waals surface area (Å²) in [6.45, 7) is 0. The molecule has 1 aromatic heterocycles. The van der Waals surface area contributed by atoms with Crippen LogP contribution in [-0.4, -0.2) is 18.9 Å². The summed E-state index contributed by atoms with van der Waals surface area (Å²) in [5, 5.41) is 0. The average Bonchev–Trinajstić information content (AvgIpc) is 2.95. The number of aryl methyl sites for hydroxylation is 1. The maximum atomic E-state index is 13.3.